The summed E-state index contributed by atoms with van der Waals surface area (Å²) in [6.07, 6.45) is 3.46. The summed E-state index contributed by atoms with van der Waals surface area (Å²) in [5, 5.41) is 4.29. The Balaban J connectivity index is 1.72. The number of ether oxygens (including phenoxy) is 2. The first-order valence-electron chi connectivity index (χ1n) is 9.48. The van der Waals surface area contributed by atoms with Crippen molar-refractivity contribution in [2.45, 2.75) is 26.9 Å². The van der Waals surface area contributed by atoms with Gasteiger partial charge in [0.25, 0.3) is 0 Å². The van der Waals surface area contributed by atoms with Gasteiger partial charge in [-0.05, 0) is 44.5 Å². The van der Waals surface area contributed by atoms with Gasteiger partial charge in [0, 0.05) is 23.3 Å². The molecule has 2 heterocycles. The minimum Gasteiger partial charge on any atom is -0.490 e. The molecule has 2 aromatic heterocycles. The fourth-order valence-corrected chi connectivity index (χ4v) is 3.64. The molecule has 0 aliphatic heterocycles. The number of rotatable bonds is 7. The van der Waals surface area contributed by atoms with Crippen LogP contribution in [0.1, 0.15) is 20.8 Å². The third-order valence-electron chi connectivity index (χ3n) is 4.21. The molecule has 0 atom stereocenters. The average Bonchev–Trinajstić information content (AvgIpc) is 3.24. The largest absolute Gasteiger partial charge is 0.490 e. The summed E-state index contributed by atoms with van der Waals surface area (Å²) in [5.41, 5.74) is 4.68. The first-order chi connectivity index (χ1) is 14.1. The highest BCUT2D eigenvalue weighted by molar-refractivity contribution is 7.13. The molecule has 0 saturated carbocycles. The SMILES string of the molecule is CCOc1cc2c(Nc3cccc(-c4cncs4)c3)ncnc2cc1OC(C)C. The van der Waals surface area contributed by atoms with Crippen LogP contribution in [0.4, 0.5) is 11.5 Å². The minimum atomic E-state index is 0.0422. The van der Waals surface area contributed by atoms with Crippen LogP contribution in [-0.2, 0) is 0 Å². The van der Waals surface area contributed by atoms with Gasteiger partial charge < -0.3 is 14.8 Å². The van der Waals surface area contributed by atoms with Crippen LogP contribution in [0.5, 0.6) is 11.5 Å². The van der Waals surface area contributed by atoms with Gasteiger partial charge >= 0.3 is 0 Å². The molecule has 0 fully saturated rings. The zero-order valence-corrected chi connectivity index (χ0v) is 17.4. The Kier molecular flexibility index (Phi) is 5.57. The Hall–Kier alpha value is -3.19. The number of anilines is 2. The molecule has 2 aromatic carbocycles. The van der Waals surface area contributed by atoms with E-state index in [1.165, 1.54) is 0 Å². The maximum atomic E-state index is 5.91. The van der Waals surface area contributed by atoms with E-state index in [1.54, 1.807) is 17.7 Å². The van der Waals surface area contributed by atoms with Gasteiger partial charge in [0.05, 0.1) is 28.6 Å². The molecule has 0 bridgehead atoms. The van der Waals surface area contributed by atoms with E-state index in [9.17, 15) is 0 Å². The van der Waals surface area contributed by atoms with Crippen molar-refractivity contribution < 1.29 is 9.47 Å². The van der Waals surface area contributed by atoms with E-state index < -0.39 is 0 Å². The van der Waals surface area contributed by atoms with E-state index >= 15 is 0 Å². The Morgan fingerprint density at radius 1 is 1.10 bits per heavy atom. The molecular formula is C22H22N4O2S. The lowest BCUT2D eigenvalue weighted by molar-refractivity contribution is 0.224. The fourth-order valence-electron chi connectivity index (χ4n) is 3.02. The molecule has 4 rings (SSSR count). The van der Waals surface area contributed by atoms with Crippen molar-refractivity contribution in [3.8, 4) is 21.9 Å². The number of hydrogen-bond acceptors (Lipinski definition) is 7. The number of aromatic nitrogens is 3. The number of nitrogens with one attached hydrogen (secondary N) is 1. The van der Waals surface area contributed by atoms with Crippen molar-refractivity contribution in [3.05, 3.63) is 54.4 Å². The van der Waals surface area contributed by atoms with Crippen LogP contribution < -0.4 is 14.8 Å². The quantitative estimate of drug-likeness (QED) is 0.426. The summed E-state index contributed by atoms with van der Waals surface area (Å²) in [5.74, 6) is 2.09. The van der Waals surface area contributed by atoms with Gasteiger partial charge in [0.1, 0.15) is 12.1 Å². The maximum Gasteiger partial charge on any atom is 0.163 e. The zero-order chi connectivity index (χ0) is 20.2. The van der Waals surface area contributed by atoms with E-state index in [4.69, 9.17) is 9.47 Å². The Bertz CT molecular complexity index is 1110. The van der Waals surface area contributed by atoms with Gasteiger partial charge in [-0.25, -0.2) is 9.97 Å². The summed E-state index contributed by atoms with van der Waals surface area (Å²) in [6.45, 7) is 6.48. The highest BCUT2D eigenvalue weighted by atomic mass is 32.1. The number of hydrogen-bond donors (Lipinski definition) is 1. The molecule has 29 heavy (non-hydrogen) atoms. The highest BCUT2D eigenvalue weighted by Gasteiger charge is 2.13. The summed E-state index contributed by atoms with van der Waals surface area (Å²) < 4.78 is 11.7. The van der Waals surface area contributed by atoms with Crippen molar-refractivity contribution in [2.24, 2.45) is 0 Å². The lowest BCUT2D eigenvalue weighted by atomic mass is 10.1. The smallest absolute Gasteiger partial charge is 0.163 e. The van der Waals surface area contributed by atoms with Gasteiger partial charge in [-0.2, -0.15) is 0 Å². The first kappa shape index (κ1) is 19.1. The van der Waals surface area contributed by atoms with E-state index in [0.717, 1.165) is 27.0 Å². The molecule has 6 nitrogen and oxygen atoms in total. The molecular weight excluding hydrogens is 384 g/mol. The molecule has 0 aliphatic carbocycles. The second-order valence-corrected chi connectivity index (χ2v) is 7.60. The fraction of sp³-hybridized carbons (Fsp3) is 0.227. The van der Waals surface area contributed by atoms with Crippen molar-refractivity contribution in [2.75, 3.05) is 11.9 Å². The van der Waals surface area contributed by atoms with Crippen LogP contribution in [0.3, 0.4) is 0 Å². The molecule has 0 radical (unpaired) electrons. The van der Waals surface area contributed by atoms with Gasteiger partial charge in [-0.15, -0.1) is 11.3 Å². The zero-order valence-electron chi connectivity index (χ0n) is 16.5. The van der Waals surface area contributed by atoms with Crippen LogP contribution in [0, 0.1) is 0 Å². The summed E-state index contributed by atoms with van der Waals surface area (Å²) in [4.78, 5) is 14.2. The van der Waals surface area contributed by atoms with Gasteiger partial charge in [-0.1, -0.05) is 12.1 Å². The molecule has 0 spiro atoms. The van der Waals surface area contributed by atoms with E-state index in [2.05, 4.69) is 32.4 Å². The Morgan fingerprint density at radius 3 is 2.76 bits per heavy atom. The monoisotopic (exact) mass is 406 g/mol. The number of benzene rings is 2. The Labute approximate surface area is 173 Å². The van der Waals surface area contributed by atoms with Crippen molar-refractivity contribution in [3.63, 3.8) is 0 Å². The van der Waals surface area contributed by atoms with E-state index in [-0.39, 0.29) is 6.10 Å². The molecule has 4 aromatic rings. The predicted molar refractivity (Wildman–Crippen MR) is 117 cm³/mol. The highest BCUT2D eigenvalue weighted by Crippen LogP contribution is 2.36. The van der Waals surface area contributed by atoms with Gasteiger partial charge in [-0.3, -0.25) is 4.98 Å². The van der Waals surface area contributed by atoms with Crippen LogP contribution in [-0.4, -0.2) is 27.7 Å². The normalized spacial score (nSPS) is 11.0. The summed E-state index contributed by atoms with van der Waals surface area (Å²) in [6, 6.07) is 12.0. The molecule has 0 saturated heterocycles. The predicted octanol–water partition coefficient (Wildman–Crippen LogP) is 5.68. The topological polar surface area (TPSA) is 69.2 Å². The van der Waals surface area contributed by atoms with Crippen molar-refractivity contribution in [1.29, 1.82) is 0 Å². The third-order valence-corrected chi connectivity index (χ3v) is 5.03. The number of thiazole rings is 1. The van der Waals surface area contributed by atoms with Crippen molar-refractivity contribution >= 4 is 33.7 Å². The molecule has 0 unspecified atom stereocenters. The maximum absolute atomic E-state index is 5.91. The molecule has 1 N–H and O–H groups in total. The second kappa shape index (κ2) is 8.45. The van der Waals surface area contributed by atoms with Crippen LogP contribution >= 0.6 is 11.3 Å². The standard InChI is InChI=1S/C22H22N4O2S/c1-4-27-19-9-17-18(10-20(19)28-14(2)3)24-12-25-22(17)26-16-7-5-6-15(8-16)21-11-23-13-29-21/h5-14H,4H2,1-3H3,(H,24,25,26). The van der Waals surface area contributed by atoms with E-state index in [1.807, 2.05) is 56.7 Å². The van der Waals surface area contributed by atoms with Gasteiger partial charge in [0.2, 0.25) is 0 Å². The molecule has 0 aliphatic rings. The molecule has 7 heteroatoms. The minimum absolute atomic E-state index is 0.0422. The number of nitrogens with zero attached hydrogens (tertiary/aromatic N) is 3. The van der Waals surface area contributed by atoms with E-state index in [0.29, 0.717) is 23.9 Å². The Morgan fingerprint density at radius 2 is 2.00 bits per heavy atom. The van der Waals surface area contributed by atoms with Crippen molar-refractivity contribution in [1.82, 2.24) is 15.0 Å². The second-order valence-electron chi connectivity index (χ2n) is 6.71. The molecule has 148 valence electrons. The van der Waals surface area contributed by atoms with Crippen LogP contribution in [0.25, 0.3) is 21.3 Å². The number of fused-ring (bicyclic) bond motifs is 1. The van der Waals surface area contributed by atoms with Gasteiger partial charge in [0.15, 0.2) is 11.5 Å². The summed E-state index contributed by atoms with van der Waals surface area (Å²) >= 11 is 1.61. The average molecular weight is 407 g/mol. The summed E-state index contributed by atoms with van der Waals surface area (Å²) in [7, 11) is 0. The lowest BCUT2D eigenvalue weighted by Crippen LogP contribution is -2.08. The first-order valence-corrected chi connectivity index (χ1v) is 10.4. The third kappa shape index (κ3) is 4.30. The van der Waals surface area contributed by atoms with Crippen LogP contribution in [0.15, 0.2) is 54.4 Å². The van der Waals surface area contributed by atoms with Crippen LogP contribution in [0.2, 0.25) is 0 Å². The molecule has 0 amide bonds. The lowest BCUT2D eigenvalue weighted by Gasteiger charge is -2.16.